The summed E-state index contributed by atoms with van der Waals surface area (Å²) in [5, 5.41) is 6.53. The van der Waals surface area contributed by atoms with Crippen LogP contribution in [0.1, 0.15) is 27.3 Å². The van der Waals surface area contributed by atoms with Gasteiger partial charge in [-0.2, -0.15) is 0 Å². The summed E-state index contributed by atoms with van der Waals surface area (Å²) in [4.78, 5) is 21.3. The molecule has 0 saturated carbocycles. The minimum atomic E-state index is -0.286. The number of amides is 1. The highest BCUT2D eigenvalue weighted by Crippen LogP contribution is 2.23. The van der Waals surface area contributed by atoms with Crippen LogP contribution in [0.2, 0.25) is 5.02 Å². The zero-order chi connectivity index (χ0) is 18.7. The van der Waals surface area contributed by atoms with E-state index in [4.69, 9.17) is 11.6 Å². The molecule has 0 spiro atoms. The lowest BCUT2D eigenvalue weighted by molar-refractivity contribution is 0.102. The lowest BCUT2D eigenvalue weighted by atomic mass is 10.1. The number of para-hydroxylation sites is 1. The molecule has 1 amide bonds. The molecule has 3 aromatic rings. The first-order valence-electron chi connectivity index (χ1n) is 8.18. The van der Waals surface area contributed by atoms with Crippen molar-refractivity contribution in [3.05, 3.63) is 76.1 Å². The first-order valence-corrected chi connectivity index (χ1v) is 8.56. The molecule has 0 aliphatic rings. The maximum absolute atomic E-state index is 12.6. The Labute approximate surface area is 157 Å². The largest absolute Gasteiger partial charge is 0.323 e. The number of anilines is 3. The summed E-state index contributed by atoms with van der Waals surface area (Å²) >= 11 is 6.16. The van der Waals surface area contributed by atoms with Crippen molar-refractivity contribution in [2.45, 2.75) is 20.8 Å². The molecule has 5 nitrogen and oxygen atoms in total. The third-order valence-corrected chi connectivity index (χ3v) is 4.18. The maximum atomic E-state index is 12.6. The van der Waals surface area contributed by atoms with E-state index in [0.29, 0.717) is 22.4 Å². The van der Waals surface area contributed by atoms with Crippen LogP contribution in [0, 0.1) is 20.8 Å². The van der Waals surface area contributed by atoms with E-state index in [0.717, 1.165) is 16.8 Å². The van der Waals surface area contributed by atoms with Crippen LogP contribution in [0.25, 0.3) is 0 Å². The standard InChI is InChI=1S/C20H19ClN4O/c1-12-8-9-13(2)17(10-12)23-19(26)18-11-14(3)22-20(25-18)24-16-7-5-4-6-15(16)21/h4-11H,1-3H3,(H,23,26)(H,22,24,25). The molecule has 2 aromatic carbocycles. The zero-order valence-corrected chi connectivity index (χ0v) is 15.6. The molecule has 0 unspecified atom stereocenters. The normalized spacial score (nSPS) is 10.5. The van der Waals surface area contributed by atoms with Crippen molar-refractivity contribution < 1.29 is 4.79 Å². The molecule has 0 aliphatic carbocycles. The number of carbonyl (C=O) groups is 1. The van der Waals surface area contributed by atoms with E-state index < -0.39 is 0 Å². The Kier molecular flexibility index (Phi) is 5.19. The van der Waals surface area contributed by atoms with Gasteiger partial charge in [-0.1, -0.05) is 35.9 Å². The van der Waals surface area contributed by atoms with Crippen LogP contribution >= 0.6 is 11.6 Å². The molecule has 0 saturated heterocycles. The number of nitrogens with zero attached hydrogens (tertiary/aromatic N) is 2. The number of hydrogen-bond donors (Lipinski definition) is 2. The zero-order valence-electron chi connectivity index (χ0n) is 14.8. The predicted octanol–water partition coefficient (Wildman–Crippen LogP) is 5.05. The minimum Gasteiger partial charge on any atom is -0.323 e. The number of hydrogen-bond acceptors (Lipinski definition) is 4. The summed E-state index contributed by atoms with van der Waals surface area (Å²) in [5.41, 5.74) is 4.48. The molecular weight excluding hydrogens is 348 g/mol. The molecule has 0 atom stereocenters. The van der Waals surface area contributed by atoms with Crippen LogP contribution in [0.15, 0.2) is 48.5 Å². The first kappa shape index (κ1) is 17.9. The Morgan fingerprint density at radius 3 is 2.50 bits per heavy atom. The van der Waals surface area contributed by atoms with Crippen LogP contribution in [0.5, 0.6) is 0 Å². The van der Waals surface area contributed by atoms with Gasteiger partial charge in [-0.15, -0.1) is 0 Å². The third-order valence-electron chi connectivity index (χ3n) is 3.85. The van der Waals surface area contributed by atoms with Gasteiger partial charge in [0.2, 0.25) is 5.95 Å². The molecule has 0 aliphatic heterocycles. The van der Waals surface area contributed by atoms with Gasteiger partial charge in [-0.05, 0) is 56.2 Å². The predicted molar refractivity (Wildman–Crippen MR) is 105 cm³/mol. The quantitative estimate of drug-likeness (QED) is 0.678. The van der Waals surface area contributed by atoms with Crippen molar-refractivity contribution in [3.63, 3.8) is 0 Å². The fourth-order valence-corrected chi connectivity index (χ4v) is 2.66. The molecule has 26 heavy (non-hydrogen) atoms. The highest BCUT2D eigenvalue weighted by molar-refractivity contribution is 6.33. The molecule has 3 rings (SSSR count). The molecule has 0 bridgehead atoms. The van der Waals surface area contributed by atoms with Gasteiger partial charge in [-0.3, -0.25) is 4.79 Å². The van der Waals surface area contributed by atoms with Gasteiger partial charge in [0.25, 0.3) is 5.91 Å². The van der Waals surface area contributed by atoms with E-state index in [2.05, 4.69) is 20.6 Å². The van der Waals surface area contributed by atoms with Gasteiger partial charge in [0.15, 0.2) is 0 Å². The minimum absolute atomic E-state index is 0.285. The van der Waals surface area contributed by atoms with E-state index in [1.54, 1.807) is 12.1 Å². The number of halogens is 1. The van der Waals surface area contributed by atoms with Crippen molar-refractivity contribution in [2.75, 3.05) is 10.6 Å². The van der Waals surface area contributed by atoms with Crippen molar-refractivity contribution in [1.82, 2.24) is 9.97 Å². The van der Waals surface area contributed by atoms with Gasteiger partial charge in [0.1, 0.15) is 5.69 Å². The fraction of sp³-hybridized carbons (Fsp3) is 0.150. The Balaban J connectivity index is 1.86. The third kappa shape index (κ3) is 4.18. The van der Waals surface area contributed by atoms with Crippen molar-refractivity contribution >= 4 is 34.8 Å². The van der Waals surface area contributed by atoms with Crippen molar-refractivity contribution in [1.29, 1.82) is 0 Å². The molecule has 132 valence electrons. The topological polar surface area (TPSA) is 66.9 Å². The summed E-state index contributed by atoms with van der Waals surface area (Å²) < 4.78 is 0. The number of nitrogens with one attached hydrogen (secondary N) is 2. The van der Waals surface area contributed by atoms with E-state index in [1.807, 2.05) is 57.2 Å². The Morgan fingerprint density at radius 2 is 1.73 bits per heavy atom. The average Bonchev–Trinajstić information content (AvgIpc) is 2.59. The lowest BCUT2D eigenvalue weighted by Crippen LogP contribution is -2.16. The molecule has 1 heterocycles. The van der Waals surface area contributed by atoms with E-state index in [1.165, 1.54) is 0 Å². The number of carbonyl (C=O) groups excluding carboxylic acids is 1. The Morgan fingerprint density at radius 1 is 0.962 bits per heavy atom. The second-order valence-corrected chi connectivity index (χ2v) is 6.50. The van der Waals surface area contributed by atoms with Crippen LogP contribution in [-0.4, -0.2) is 15.9 Å². The van der Waals surface area contributed by atoms with Crippen molar-refractivity contribution in [3.8, 4) is 0 Å². The molecule has 6 heteroatoms. The molecular formula is C20H19ClN4O. The van der Waals surface area contributed by atoms with Gasteiger partial charge in [0, 0.05) is 11.4 Å². The Bertz CT molecular complexity index is 972. The summed E-state index contributed by atoms with van der Waals surface area (Å²) in [6.07, 6.45) is 0. The second-order valence-electron chi connectivity index (χ2n) is 6.10. The van der Waals surface area contributed by atoms with Crippen LogP contribution in [0.4, 0.5) is 17.3 Å². The second kappa shape index (κ2) is 7.54. The molecule has 0 radical (unpaired) electrons. The SMILES string of the molecule is Cc1ccc(C)c(NC(=O)c2cc(C)nc(Nc3ccccc3Cl)n2)c1. The van der Waals surface area contributed by atoms with Gasteiger partial charge < -0.3 is 10.6 Å². The highest BCUT2D eigenvalue weighted by atomic mass is 35.5. The van der Waals surface area contributed by atoms with Gasteiger partial charge in [0.05, 0.1) is 10.7 Å². The summed E-state index contributed by atoms with van der Waals surface area (Å²) in [7, 11) is 0. The number of aryl methyl sites for hydroxylation is 3. The summed E-state index contributed by atoms with van der Waals surface area (Å²) in [6.45, 7) is 5.74. The Hall–Kier alpha value is -2.92. The highest BCUT2D eigenvalue weighted by Gasteiger charge is 2.13. The number of rotatable bonds is 4. The summed E-state index contributed by atoms with van der Waals surface area (Å²) in [6, 6.07) is 14.9. The van der Waals surface area contributed by atoms with Crippen LogP contribution < -0.4 is 10.6 Å². The smallest absolute Gasteiger partial charge is 0.274 e. The van der Waals surface area contributed by atoms with Gasteiger partial charge in [-0.25, -0.2) is 9.97 Å². The molecule has 1 aromatic heterocycles. The number of benzene rings is 2. The van der Waals surface area contributed by atoms with Gasteiger partial charge >= 0.3 is 0 Å². The maximum Gasteiger partial charge on any atom is 0.274 e. The average molecular weight is 367 g/mol. The van der Waals surface area contributed by atoms with Crippen LogP contribution in [0.3, 0.4) is 0 Å². The van der Waals surface area contributed by atoms with Crippen molar-refractivity contribution in [2.24, 2.45) is 0 Å². The van der Waals surface area contributed by atoms with Crippen LogP contribution in [-0.2, 0) is 0 Å². The molecule has 0 fully saturated rings. The van der Waals surface area contributed by atoms with E-state index >= 15 is 0 Å². The van der Waals surface area contributed by atoms with E-state index in [-0.39, 0.29) is 11.6 Å². The first-order chi connectivity index (χ1) is 12.4. The monoisotopic (exact) mass is 366 g/mol. The lowest BCUT2D eigenvalue weighted by Gasteiger charge is -2.11. The molecule has 2 N–H and O–H groups in total. The van der Waals surface area contributed by atoms with E-state index in [9.17, 15) is 4.79 Å². The number of aromatic nitrogens is 2. The fourth-order valence-electron chi connectivity index (χ4n) is 2.48. The summed E-state index contributed by atoms with van der Waals surface area (Å²) in [5.74, 6) is 0.0376.